The number of rotatable bonds is 2. The topological polar surface area (TPSA) is 63.4 Å². The Morgan fingerprint density at radius 1 is 1.33 bits per heavy atom. The number of hydrogen-bond acceptors (Lipinski definition) is 4. The van der Waals surface area contributed by atoms with Crippen LogP contribution in [0.4, 0.5) is 10.1 Å². The highest BCUT2D eigenvalue weighted by Crippen LogP contribution is 2.38. The van der Waals surface area contributed by atoms with E-state index in [1.807, 2.05) is 0 Å². The third kappa shape index (κ3) is 2.08. The van der Waals surface area contributed by atoms with Crippen LogP contribution in [0.5, 0.6) is 0 Å². The van der Waals surface area contributed by atoms with Crippen molar-refractivity contribution in [3.8, 4) is 0 Å². The van der Waals surface area contributed by atoms with Crippen LogP contribution in [-0.4, -0.2) is 16.8 Å². The number of anilines is 1. The van der Waals surface area contributed by atoms with Crippen molar-refractivity contribution in [1.82, 2.24) is 5.16 Å². The summed E-state index contributed by atoms with van der Waals surface area (Å²) in [7, 11) is 0. The predicted octanol–water partition coefficient (Wildman–Crippen LogP) is 2.92. The van der Waals surface area contributed by atoms with Crippen molar-refractivity contribution in [3.05, 3.63) is 45.0 Å². The molecule has 1 aromatic carbocycles. The van der Waals surface area contributed by atoms with Crippen molar-refractivity contribution in [2.24, 2.45) is 0 Å². The summed E-state index contributed by atoms with van der Waals surface area (Å²) in [5, 5.41) is 3.83. The van der Waals surface area contributed by atoms with Gasteiger partial charge in [-0.15, -0.1) is 0 Å². The molecule has 5 nitrogen and oxygen atoms in total. The second kappa shape index (κ2) is 4.77. The number of fused-ring (bicyclic) bond motifs is 1. The molecule has 1 aliphatic rings. The minimum Gasteiger partial charge on any atom is -0.361 e. The maximum atomic E-state index is 13.4. The van der Waals surface area contributed by atoms with E-state index in [1.54, 1.807) is 13.8 Å². The molecular weight excluding hydrogens is 343 g/mol. The molecule has 0 bridgehead atoms. The number of nitrogens with zero attached hydrogens (tertiary/aromatic N) is 2. The van der Waals surface area contributed by atoms with Gasteiger partial charge >= 0.3 is 0 Å². The quantitative estimate of drug-likeness (QED) is 0.779. The second-order valence-corrected chi connectivity index (χ2v) is 5.66. The molecule has 1 aromatic heterocycles. The number of aryl methyl sites for hydroxylation is 2. The van der Waals surface area contributed by atoms with Gasteiger partial charge in [-0.2, -0.15) is 0 Å². The molecule has 21 heavy (non-hydrogen) atoms. The van der Waals surface area contributed by atoms with Gasteiger partial charge in [0.05, 0.1) is 23.5 Å². The van der Waals surface area contributed by atoms with E-state index in [4.69, 9.17) is 4.52 Å². The molecule has 1 amide bonds. The Bertz CT molecular complexity index is 765. The van der Waals surface area contributed by atoms with Crippen LogP contribution in [-0.2, 0) is 11.3 Å². The van der Waals surface area contributed by atoms with Gasteiger partial charge in [0.2, 0.25) is 0 Å². The molecule has 2 aromatic rings. The third-order valence-electron chi connectivity index (χ3n) is 3.48. The summed E-state index contributed by atoms with van der Waals surface area (Å²) in [4.78, 5) is 25.5. The summed E-state index contributed by atoms with van der Waals surface area (Å²) < 4.78 is 18.8. The summed E-state index contributed by atoms with van der Waals surface area (Å²) in [6.45, 7) is 3.65. The number of aromatic nitrogens is 1. The molecule has 0 saturated heterocycles. The number of benzene rings is 1. The first-order chi connectivity index (χ1) is 9.90. The Kier molecular flexibility index (Phi) is 3.16. The van der Waals surface area contributed by atoms with Gasteiger partial charge in [0.15, 0.2) is 0 Å². The monoisotopic (exact) mass is 352 g/mol. The smallest absolute Gasteiger partial charge is 0.299 e. The lowest BCUT2D eigenvalue weighted by Crippen LogP contribution is -2.29. The van der Waals surface area contributed by atoms with Gasteiger partial charge in [0.25, 0.3) is 11.7 Å². The average molecular weight is 353 g/mol. The number of carbonyl (C=O) groups is 2. The number of ketones is 1. The van der Waals surface area contributed by atoms with Gasteiger partial charge in [0.1, 0.15) is 11.6 Å². The summed E-state index contributed by atoms with van der Waals surface area (Å²) in [5.74, 6) is -1.38. The normalized spacial score (nSPS) is 14.0. The molecule has 3 rings (SSSR count). The predicted molar refractivity (Wildman–Crippen MR) is 75.6 cm³/mol. The fraction of sp³-hybridized carbons (Fsp3) is 0.214. The molecule has 0 unspecified atom stereocenters. The Hall–Kier alpha value is -2.02. The average Bonchev–Trinajstić information content (AvgIpc) is 2.85. The minimum absolute atomic E-state index is 0.0682. The van der Waals surface area contributed by atoms with Gasteiger partial charge in [-0.1, -0.05) is 5.16 Å². The largest absolute Gasteiger partial charge is 0.361 e. The highest BCUT2D eigenvalue weighted by Gasteiger charge is 2.38. The van der Waals surface area contributed by atoms with Gasteiger partial charge in [0, 0.05) is 10.0 Å². The highest BCUT2D eigenvalue weighted by atomic mass is 79.9. The molecule has 0 saturated carbocycles. The molecule has 0 aliphatic carbocycles. The Morgan fingerprint density at radius 3 is 2.67 bits per heavy atom. The summed E-state index contributed by atoms with van der Waals surface area (Å²) >= 11 is 3.21. The fourth-order valence-corrected chi connectivity index (χ4v) is 3.04. The zero-order valence-corrected chi connectivity index (χ0v) is 12.8. The molecule has 1 aliphatic heterocycles. The van der Waals surface area contributed by atoms with E-state index in [0.29, 0.717) is 21.6 Å². The molecule has 108 valence electrons. The lowest BCUT2D eigenvalue weighted by atomic mass is 10.1. The molecule has 0 atom stereocenters. The summed E-state index contributed by atoms with van der Waals surface area (Å²) in [6, 6.07) is 2.30. The van der Waals surface area contributed by atoms with Crippen LogP contribution < -0.4 is 4.90 Å². The van der Waals surface area contributed by atoms with Crippen LogP contribution in [0.25, 0.3) is 0 Å². The van der Waals surface area contributed by atoms with E-state index >= 15 is 0 Å². The van der Waals surface area contributed by atoms with Crippen LogP contribution in [0.15, 0.2) is 21.1 Å². The summed E-state index contributed by atoms with van der Waals surface area (Å²) in [5.41, 5.74) is 1.84. The zero-order chi connectivity index (χ0) is 15.3. The minimum atomic E-state index is -0.711. The fourth-order valence-electron chi connectivity index (χ4n) is 2.39. The van der Waals surface area contributed by atoms with Crippen molar-refractivity contribution in [3.63, 3.8) is 0 Å². The van der Waals surface area contributed by atoms with E-state index < -0.39 is 17.5 Å². The number of carbonyl (C=O) groups excluding carboxylic acids is 2. The van der Waals surface area contributed by atoms with Crippen molar-refractivity contribution in [2.75, 3.05) is 4.90 Å². The van der Waals surface area contributed by atoms with E-state index in [0.717, 1.165) is 11.6 Å². The molecular formula is C14H10BrFN2O3. The van der Waals surface area contributed by atoms with Crippen LogP contribution in [0.3, 0.4) is 0 Å². The first-order valence-electron chi connectivity index (χ1n) is 6.17. The SMILES string of the molecule is Cc1noc(C)c1CN1C(=O)C(=O)c2cc(F)cc(Br)c21. The molecule has 0 spiro atoms. The van der Waals surface area contributed by atoms with Crippen molar-refractivity contribution < 1.29 is 18.5 Å². The van der Waals surface area contributed by atoms with Crippen molar-refractivity contribution in [2.45, 2.75) is 20.4 Å². The molecule has 0 N–H and O–H groups in total. The maximum Gasteiger partial charge on any atom is 0.299 e. The van der Waals surface area contributed by atoms with E-state index in [9.17, 15) is 14.0 Å². The summed E-state index contributed by atoms with van der Waals surface area (Å²) in [6.07, 6.45) is 0. The molecule has 2 heterocycles. The zero-order valence-electron chi connectivity index (χ0n) is 11.2. The maximum absolute atomic E-state index is 13.4. The van der Waals surface area contributed by atoms with Crippen LogP contribution in [0, 0.1) is 19.7 Å². The number of Topliss-reactive ketones (excluding diaryl/α,β-unsaturated/α-hetero) is 1. The van der Waals surface area contributed by atoms with Gasteiger partial charge in [-0.05, 0) is 41.9 Å². The van der Waals surface area contributed by atoms with E-state index in [-0.39, 0.29) is 12.1 Å². The molecule has 0 fully saturated rings. The second-order valence-electron chi connectivity index (χ2n) is 4.81. The van der Waals surface area contributed by atoms with Crippen LogP contribution in [0.2, 0.25) is 0 Å². The van der Waals surface area contributed by atoms with Crippen LogP contribution >= 0.6 is 15.9 Å². The van der Waals surface area contributed by atoms with Gasteiger partial charge in [-0.25, -0.2) is 4.39 Å². The molecule has 7 heteroatoms. The molecule has 0 radical (unpaired) electrons. The lowest BCUT2D eigenvalue weighted by Gasteiger charge is -2.17. The Labute approximate surface area is 127 Å². The van der Waals surface area contributed by atoms with Crippen molar-refractivity contribution >= 4 is 33.3 Å². The Balaban J connectivity index is 2.10. The van der Waals surface area contributed by atoms with Crippen LogP contribution in [0.1, 0.15) is 27.4 Å². The number of halogens is 2. The van der Waals surface area contributed by atoms with E-state index in [1.165, 1.54) is 11.0 Å². The van der Waals surface area contributed by atoms with E-state index in [2.05, 4.69) is 21.1 Å². The van der Waals surface area contributed by atoms with Gasteiger partial charge < -0.3 is 4.52 Å². The van der Waals surface area contributed by atoms with Crippen molar-refractivity contribution in [1.29, 1.82) is 0 Å². The number of hydrogen-bond donors (Lipinski definition) is 0. The Morgan fingerprint density at radius 2 is 2.05 bits per heavy atom. The van der Waals surface area contributed by atoms with Gasteiger partial charge in [-0.3, -0.25) is 14.5 Å². The third-order valence-corrected chi connectivity index (χ3v) is 4.08. The first-order valence-corrected chi connectivity index (χ1v) is 6.96. The standard InChI is InChI=1S/C14H10BrFN2O3/c1-6-10(7(2)21-17-6)5-18-12-9(13(19)14(18)20)3-8(16)4-11(12)15/h3-4H,5H2,1-2H3. The lowest BCUT2D eigenvalue weighted by molar-refractivity contribution is -0.114. The number of amides is 1. The first kappa shape index (κ1) is 13.9. The highest BCUT2D eigenvalue weighted by molar-refractivity contribution is 9.10.